The minimum atomic E-state index is -0.374. The molecule has 0 saturated heterocycles. The van der Waals surface area contributed by atoms with Crippen LogP contribution in [-0.4, -0.2) is 25.0 Å². The van der Waals surface area contributed by atoms with E-state index in [1.165, 1.54) is 4.90 Å². The van der Waals surface area contributed by atoms with Crippen molar-refractivity contribution in [3.8, 4) is 5.75 Å². The first kappa shape index (κ1) is 22.3. The standard InChI is InChI=1S/C28H28N2O3/c1-18(2)33-24-14-10-9-13-23(24)30-27(31)25(22-16-15-19(3)17-20(22)4)26(28(30)32)29(5)21-11-7-6-8-12-21/h6-18H,1-5H3. The third kappa shape index (κ3) is 4.14. The molecule has 4 rings (SSSR count). The van der Waals surface area contributed by atoms with Gasteiger partial charge in [-0.2, -0.15) is 0 Å². The number of hydrogen-bond donors (Lipinski definition) is 0. The number of amides is 2. The lowest BCUT2D eigenvalue weighted by Crippen LogP contribution is -2.34. The summed E-state index contributed by atoms with van der Waals surface area (Å²) in [5.41, 5.74) is 4.80. The fraction of sp³-hybridized carbons (Fsp3) is 0.214. The highest BCUT2D eigenvalue weighted by molar-refractivity contribution is 6.46. The largest absolute Gasteiger partial charge is 0.489 e. The normalized spacial score (nSPS) is 13.8. The van der Waals surface area contributed by atoms with Gasteiger partial charge in [-0.15, -0.1) is 0 Å². The predicted molar refractivity (Wildman–Crippen MR) is 132 cm³/mol. The van der Waals surface area contributed by atoms with Gasteiger partial charge < -0.3 is 9.64 Å². The Morgan fingerprint density at radius 2 is 1.52 bits per heavy atom. The summed E-state index contributed by atoms with van der Waals surface area (Å²) < 4.78 is 5.94. The molecule has 168 valence electrons. The molecule has 5 heteroatoms. The van der Waals surface area contributed by atoms with Crippen LogP contribution in [0.25, 0.3) is 5.57 Å². The molecule has 0 spiro atoms. The van der Waals surface area contributed by atoms with Gasteiger partial charge in [-0.1, -0.05) is 54.1 Å². The molecule has 3 aromatic carbocycles. The number of rotatable bonds is 6. The Hall–Kier alpha value is -3.86. The number of likely N-dealkylation sites (N-methyl/N-ethyl adjacent to an activating group) is 1. The number of benzene rings is 3. The van der Waals surface area contributed by atoms with E-state index in [9.17, 15) is 9.59 Å². The van der Waals surface area contributed by atoms with Crippen molar-refractivity contribution in [2.75, 3.05) is 16.8 Å². The SMILES string of the molecule is Cc1ccc(C2=C(N(C)c3ccccc3)C(=O)N(c3ccccc3OC(C)C)C2=O)c(C)c1. The van der Waals surface area contributed by atoms with Crippen LogP contribution < -0.4 is 14.5 Å². The molecule has 0 radical (unpaired) electrons. The van der Waals surface area contributed by atoms with Crippen LogP contribution in [0.15, 0.2) is 78.5 Å². The van der Waals surface area contributed by atoms with Crippen molar-refractivity contribution in [2.24, 2.45) is 0 Å². The average Bonchev–Trinajstić information content (AvgIpc) is 3.04. The zero-order valence-corrected chi connectivity index (χ0v) is 19.6. The van der Waals surface area contributed by atoms with E-state index in [0.717, 1.165) is 22.4 Å². The van der Waals surface area contributed by atoms with Crippen LogP contribution in [0.5, 0.6) is 5.75 Å². The topological polar surface area (TPSA) is 49.9 Å². The van der Waals surface area contributed by atoms with Gasteiger partial charge in [0.25, 0.3) is 11.8 Å². The molecule has 33 heavy (non-hydrogen) atoms. The van der Waals surface area contributed by atoms with Gasteiger partial charge in [0.15, 0.2) is 0 Å². The Morgan fingerprint density at radius 1 is 0.848 bits per heavy atom. The summed E-state index contributed by atoms with van der Waals surface area (Å²) >= 11 is 0. The number of nitrogens with zero attached hydrogens (tertiary/aromatic N) is 2. The molecule has 0 bridgehead atoms. The van der Waals surface area contributed by atoms with Crippen LogP contribution in [0.2, 0.25) is 0 Å². The fourth-order valence-corrected chi connectivity index (χ4v) is 4.16. The minimum Gasteiger partial charge on any atom is -0.489 e. The molecular formula is C28H28N2O3. The molecule has 2 amide bonds. The maximum absolute atomic E-state index is 13.9. The van der Waals surface area contributed by atoms with E-state index < -0.39 is 0 Å². The molecular weight excluding hydrogens is 412 g/mol. The van der Waals surface area contributed by atoms with Crippen LogP contribution >= 0.6 is 0 Å². The van der Waals surface area contributed by atoms with Crippen molar-refractivity contribution in [1.29, 1.82) is 0 Å². The Morgan fingerprint density at radius 3 is 2.18 bits per heavy atom. The van der Waals surface area contributed by atoms with Gasteiger partial charge in [0.2, 0.25) is 0 Å². The molecule has 0 fully saturated rings. The number of anilines is 2. The fourth-order valence-electron chi connectivity index (χ4n) is 4.16. The molecule has 0 saturated carbocycles. The number of aryl methyl sites for hydroxylation is 2. The van der Waals surface area contributed by atoms with Gasteiger partial charge in [0.1, 0.15) is 11.4 Å². The third-order valence-electron chi connectivity index (χ3n) is 5.66. The maximum atomic E-state index is 13.9. The predicted octanol–water partition coefficient (Wildman–Crippen LogP) is 5.51. The van der Waals surface area contributed by atoms with E-state index >= 15 is 0 Å². The first-order valence-corrected chi connectivity index (χ1v) is 11.0. The monoisotopic (exact) mass is 440 g/mol. The van der Waals surface area contributed by atoms with Crippen molar-refractivity contribution in [3.05, 3.63) is 95.2 Å². The smallest absolute Gasteiger partial charge is 0.282 e. The molecule has 1 heterocycles. The van der Waals surface area contributed by atoms with Crippen LogP contribution in [0.4, 0.5) is 11.4 Å². The Balaban J connectivity index is 1.91. The van der Waals surface area contributed by atoms with Crippen LogP contribution in [0.3, 0.4) is 0 Å². The molecule has 0 unspecified atom stereocenters. The second kappa shape index (κ2) is 8.94. The van der Waals surface area contributed by atoms with E-state index in [2.05, 4.69) is 0 Å². The summed E-state index contributed by atoms with van der Waals surface area (Å²) in [7, 11) is 1.82. The van der Waals surface area contributed by atoms with Crippen molar-refractivity contribution >= 4 is 28.8 Å². The molecule has 3 aromatic rings. The first-order valence-electron chi connectivity index (χ1n) is 11.0. The van der Waals surface area contributed by atoms with Crippen molar-refractivity contribution in [1.82, 2.24) is 0 Å². The molecule has 1 aliphatic heterocycles. The zero-order chi connectivity index (χ0) is 23.7. The second-order valence-electron chi connectivity index (χ2n) is 8.52. The molecule has 0 atom stereocenters. The lowest BCUT2D eigenvalue weighted by atomic mass is 9.97. The van der Waals surface area contributed by atoms with E-state index in [4.69, 9.17) is 4.74 Å². The number of para-hydroxylation sites is 3. The van der Waals surface area contributed by atoms with E-state index in [1.54, 1.807) is 23.1 Å². The average molecular weight is 441 g/mol. The van der Waals surface area contributed by atoms with Crippen molar-refractivity contribution in [3.63, 3.8) is 0 Å². The summed E-state index contributed by atoms with van der Waals surface area (Å²) in [6.07, 6.45) is -0.0998. The summed E-state index contributed by atoms with van der Waals surface area (Å²) in [6.45, 7) is 7.80. The van der Waals surface area contributed by atoms with Gasteiger partial charge in [-0.25, -0.2) is 4.90 Å². The summed E-state index contributed by atoms with van der Waals surface area (Å²) in [4.78, 5) is 30.8. The highest BCUT2D eigenvalue weighted by Crippen LogP contribution is 2.40. The van der Waals surface area contributed by atoms with Gasteiger partial charge in [0, 0.05) is 12.7 Å². The van der Waals surface area contributed by atoms with E-state index in [0.29, 0.717) is 22.7 Å². The highest BCUT2D eigenvalue weighted by Gasteiger charge is 2.43. The number of imide groups is 1. The third-order valence-corrected chi connectivity index (χ3v) is 5.66. The van der Waals surface area contributed by atoms with Crippen molar-refractivity contribution < 1.29 is 14.3 Å². The van der Waals surface area contributed by atoms with Crippen LogP contribution in [0.1, 0.15) is 30.5 Å². The van der Waals surface area contributed by atoms with Gasteiger partial charge in [-0.05, 0) is 63.1 Å². The molecule has 0 aromatic heterocycles. The summed E-state index contributed by atoms with van der Waals surface area (Å²) in [5.74, 6) is -0.233. The number of carbonyl (C=O) groups is 2. The van der Waals surface area contributed by atoms with E-state index in [1.807, 2.05) is 89.3 Å². The minimum absolute atomic E-state index is 0.0998. The maximum Gasteiger partial charge on any atom is 0.282 e. The number of hydrogen-bond acceptors (Lipinski definition) is 4. The molecule has 0 N–H and O–H groups in total. The van der Waals surface area contributed by atoms with Gasteiger partial charge in [0.05, 0.1) is 17.4 Å². The van der Waals surface area contributed by atoms with Gasteiger partial charge >= 0.3 is 0 Å². The van der Waals surface area contributed by atoms with Crippen LogP contribution in [-0.2, 0) is 9.59 Å². The number of carbonyl (C=O) groups excluding carboxylic acids is 2. The summed E-state index contributed by atoms with van der Waals surface area (Å²) in [6, 6.07) is 22.7. The molecule has 1 aliphatic rings. The zero-order valence-electron chi connectivity index (χ0n) is 19.6. The van der Waals surface area contributed by atoms with Crippen molar-refractivity contribution in [2.45, 2.75) is 33.8 Å². The first-order chi connectivity index (χ1) is 15.8. The lowest BCUT2D eigenvalue weighted by molar-refractivity contribution is -0.120. The summed E-state index contributed by atoms with van der Waals surface area (Å²) in [5, 5.41) is 0. The van der Waals surface area contributed by atoms with Gasteiger partial charge in [-0.3, -0.25) is 9.59 Å². The number of ether oxygens (including phenoxy) is 1. The van der Waals surface area contributed by atoms with Crippen LogP contribution in [0, 0.1) is 13.8 Å². The highest BCUT2D eigenvalue weighted by atomic mass is 16.5. The quantitative estimate of drug-likeness (QED) is 0.474. The Kier molecular flexibility index (Phi) is 6.05. The Labute approximate surface area is 194 Å². The Bertz CT molecular complexity index is 1250. The lowest BCUT2D eigenvalue weighted by Gasteiger charge is -2.23. The molecule has 5 nitrogen and oxygen atoms in total. The molecule has 0 aliphatic carbocycles. The van der Waals surface area contributed by atoms with E-state index in [-0.39, 0.29) is 17.9 Å². The second-order valence-corrected chi connectivity index (χ2v) is 8.52.